The Hall–Kier alpha value is -2.14. The van der Waals surface area contributed by atoms with Crippen molar-refractivity contribution in [2.45, 2.75) is 33.7 Å². The number of nitrogens with one attached hydrogen (secondary N) is 1. The molecule has 0 fully saturated rings. The quantitative estimate of drug-likeness (QED) is 0.890. The average molecular weight is 301 g/mol. The highest BCUT2D eigenvalue weighted by atomic mass is 16.3. The van der Waals surface area contributed by atoms with Crippen LogP contribution in [0.5, 0.6) is 0 Å². The van der Waals surface area contributed by atoms with Crippen molar-refractivity contribution in [3.63, 3.8) is 0 Å². The molecule has 1 heterocycles. The Balaban J connectivity index is 2.12. The summed E-state index contributed by atoms with van der Waals surface area (Å²) in [4.78, 5) is 12.2. The van der Waals surface area contributed by atoms with Crippen molar-refractivity contribution in [3.05, 3.63) is 47.3 Å². The fourth-order valence-corrected chi connectivity index (χ4v) is 2.23. The molecule has 0 aliphatic heterocycles. The Morgan fingerprint density at radius 2 is 1.91 bits per heavy atom. The van der Waals surface area contributed by atoms with Gasteiger partial charge in [0.15, 0.2) is 0 Å². The van der Waals surface area contributed by atoms with Gasteiger partial charge >= 0.3 is 0 Å². The number of nitrogens with zero attached hydrogens (tertiary/aromatic N) is 2. The Morgan fingerprint density at radius 1 is 1.27 bits per heavy atom. The van der Waals surface area contributed by atoms with E-state index in [4.69, 9.17) is 5.11 Å². The first-order valence-electron chi connectivity index (χ1n) is 7.47. The Morgan fingerprint density at radius 3 is 2.41 bits per heavy atom. The zero-order valence-electron chi connectivity index (χ0n) is 13.5. The van der Waals surface area contributed by atoms with E-state index < -0.39 is 0 Å². The van der Waals surface area contributed by atoms with E-state index in [1.54, 1.807) is 12.1 Å². The molecule has 2 atom stereocenters. The zero-order chi connectivity index (χ0) is 16.3. The van der Waals surface area contributed by atoms with Crippen LogP contribution in [0.1, 0.15) is 35.6 Å². The number of carbonyl (C=O) groups excluding carboxylic acids is 1. The second-order valence-corrected chi connectivity index (χ2v) is 5.81. The highest BCUT2D eigenvalue weighted by Gasteiger charge is 2.15. The summed E-state index contributed by atoms with van der Waals surface area (Å²) in [6.45, 7) is 7.80. The van der Waals surface area contributed by atoms with Gasteiger partial charge < -0.3 is 10.4 Å². The fraction of sp³-hybridized carbons (Fsp3) is 0.412. The van der Waals surface area contributed by atoms with Crippen molar-refractivity contribution in [2.24, 2.45) is 5.92 Å². The van der Waals surface area contributed by atoms with Gasteiger partial charge in [0.25, 0.3) is 5.91 Å². The van der Waals surface area contributed by atoms with E-state index in [2.05, 4.69) is 10.4 Å². The van der Waals surface area contributed by atoms with Crippen LogP contribution in [0.15, 0.2) is 30.3 Å². The first kappa shape index (κ1) is 16.2. The van der Waals surface area contributed by atoms with Gasteiger partial charge in [-0.2, -0.15) is 5.10 Å². The number of aromatic nitrogens is 2. The number of carbonyl (C=O) groups is 1. The molecule has 0 aliphatic rings. The number of hydrogen-bond donors (Lipinski definition) is 2. The Labute approximate surface area is 131 Å². The van der Waals surface area contributed by atoms with Crippen LogP contribution in [0.4, 0.5) is 0 Å². The molecule has 0 bridgehead atoms. The highest BCUT2D eigenvalue weighted by molar-refractivity contribution is 5.94. The first-order chi connectivity index (χ1) is 10.4. The summed E-state index contributed by atoms with van der Waals surface area (Å²) in [6, 6.07) is 9.28. The van der Waals surface area contributed by atoms with Crippen LogP contribution < -0.4 is 5.32 Å². The predicted octanol–water partition coefficient (Wildman–Crippen LogP) is 2.24. The van der Waals surface area contributed by atoms with Gasteiger partial charge in [-0.05, 0) is 57.0 Å². The van der Waals surface area contributed by atoms with Crippen molar-refractivity contribution >= 4 is 5.91 Å². The largest absolute Gasteiger partial charge is 0.396 e. The summed E-state index contributed by atoms with van der Waals surface area (Å²) in [5.41, 5.74) is 3.55. The summed E-state index contributed by atoms with van der Waals surface area (Å²) in [6.07, 6.45) is 0. The number of benzene rings is 1. The number of rotatable bonds is 5. The van der Waals surface area contributed by atoms with Gasteiger partial charge in [-0.25, -0.2) is 4.68 Å². The topological polar surface area (TPSA) is 67.2 Å². The van der Waals surface area contributed by atoms with Crippen molar-refractivity contribution in [1.82, 2.24) is 15.1 Å². The minimum Gasteiger partial charge on any atom is -0.396 e. The Bertz CT molecular complexity index is 646. The maximum Gasteiger partial charge on any atom is 0.251 e. The molecular formula is C17H23N3O2. The molecule has 2 N–H and O–H groups in total. The molecule has 5 nitrogen and oxygen atoms in total. The van der Waals surface area contributed by atoms with Crippen molar-refractivity contribution in [3.8, 4) is 5.69 Å². The zero-order valence-corrected chi connectivity index (χ0v) is 13.5. The van der Waals surface area contributed by atoms with Crippen LogP contribution in [0.25, 0.3) is 5.69 Å². The second kappa shape index (κ2) is 6.75. The van der Waals surface area contributed by atoms with Crippen LogP contribution in [-0.2, 0) is 0 Å². The van der Waals surface area contributed by atoms with Gasteiger partial charge in [-0.3, -0.25) is 4.79 Å². The molecule has 0 saturated heterocycles. The summed E-state index contributed by atoms with van der Waals surface area (Å²) in [7, 11) is 0. The minimum atomic E-state index is -0.132. The van der Waals surface area contributed by atoms with E-state index in [0.29, 0.717) is 5.56 Å². The third-order valence-corrected chi connectivity index (χ3v) is 3.88. The molecule has 0 radical (unpaired) electrons. The van der Waals surface area contributed by atoms with E-state index >= 15 is 0 Å². The van der Waals surface area contributed by atoms with Crippen molar-refractivity contribution in [1.29, 1.82) is 0 Å². The molecule has 1 amide bonds. The molecule has 22 heavy (non-hydrogen) atoms. The van der Waals surface area contributed by atoms with Crippen LogP contribution in [0, 0.1) is 19.8 Å². The monoisotopic (exact) mass is 301 g/mol. The lowest BCUT2D eigenvalue weighted by atomic mass is 10.0. The summed E-state index contributed by atoms with van der Waals surface area (Å²) < 4.78 is 1.85. The predicted molar refractivity (Wildman–Crippen MR) is 86.2 cm³/mol. The molecule has 5 heteroatoms. The number of amides is 1. The molecule has 0 spiro atoms. The van der Waals surface area contributed by atoms with Crippen molar-refractivity contribution < 1.29 is 9.90 Å². The van der Waals surface area contributed by atoms with Crippen LogP contribution in [-0.4, -0.2) is 33.4 Å². The van der Waals surface area contributed by atoms with Crippen molar-refractivity contribution in [2.75, 3.05) is 6.61 Å². The molecule has 2 unspecified atom stereocenters. The van der Waals surface area contributed by atoms with E-state index in [0.717, 1.165) is 17.1 Å². The molecule has 1 aromatic carbocycles. The molecular weight excluding hydrogens is 278 g/mol. The third kappa shape index (κ3) is 3.54. The van der Waals surface area contributed by atoms with Gasteiger partial charge in [0.05, 0.1) is 11.4 Å². The van der Waals surface area contributed by atoms with Crippen LogP contribution in [0.2, 0.25) is 0 Å². The molecule has 118 valence electrons. The molecule has 0 saturated carbocycles. The van der Waals surface area contributed by atoms with Gasteiger partial charge in [-0.15, -0.1) is 0 Å². The van der Waals surface area contributed by atoms with Gasteiger partial charge in [0, 0.05) is 23.9 Å². The number of aliphatic hydroxyl groups is 1. The van der Waals surface area contributed by atoms with Gasteiger partial charge in [0.2, 0.25) is 0 Å². The Kier molecular flexibility index (Phi) is 4.98. The van der Waals surface area contributed by atoms with Crippen LogP contribution >= 0.6 is 0 Å². The fourth-order valence-electron chi connectivity index (χ4n) is 2.23. The lowest BCUT2D eigenvalue weighted by molar-refractivity contribution is 0.0916. The smallest absolute Gasteiger partial charge is 0.251 e. The summed E-state index contributed by atoms with van der Waals surface area (Å²) >= 11 is 0. The summed E-state index contributed by atoms with van der Waals surface area (Å²) in [5, 5.41) is 16.4. The lowest BCUT2D eigenvalue weighted by Gasteiger charge is -2.19. The number of aliphatic hydroxyl groups excluding tert-OH is 1. The normalized spacial score (nSPS) is 13.7. The van der Waals surface area contributed by atoms with E-state index in [1.807, 2.05) is 50.6 Å². The maximum absolute atomic E-state index is 12.2. The first-order valence-corrected chi connectivity index (χ1v) is 7.47. The highest BCUT2D eigenvalue weighted by Crippen LogP contribution is 2.13. The van der Waals surface area contributed by atoms with Gasteiger partial charge in [0.1, 0.15) is 0 Å². The maximum atomic E-state index is 12.2. The minimum absolute atomic E-state index is 0.0259. The van der Waals surface area contributed by atoms with Crippen LogP contribution in [0.3, 0.4) is 0 Å². The SMILES string of the molecule is Cc1cc(C)n(-c2ccc(C(=O)NC(C)C(C)CO)cc2)n1. The second-order valence-electron chi connectivity index (χ2n) is 5.81. The molecule has 1 aromatic heterocycles. The standard InChI is InChI=1S/C17H23N3O2/c1-11(10-21)14(4)18-17(22)15-5-7-16(8-6-15)20-13(3)9-12(2)19-20/h5-9,11,14,21H,10H2,1-4H3,(H,18,22). The lowest BCUT2D eigenvalue weighted by Crippen LogP contribution is -2.38. The number of hydrogen-bond acceptors (Lipinski definition) is 3. The van der Waals surface area contributed by atoms with E-state index in [-0.39, 0.29) is 24.5 Å². The molecule has 0 aliphatic carbocycles. The third-order valence-electron chi connectivity index (χ3n) is 3.88. The molecule has 2 aromatic rings. The summed E-state index contributed by atoms with van der Waals surface area (Å²) in [5.74, 6) is -0.106. The molecule has 2 rings (SSSR count). The average Bonchev–Trinajstić information content (AvgIpc) is 2.85. The van der Waals surface area contributed by atoms with Gasteiger partial charge in [-0.1, -0.05) is 6.92 Å². The van der Waals surface area contributed by atoms with E-state index in [9.17, 15) is 4.79 Å². The van der Waals surface area contributed by atoms with E-state index in [1.165, 1.54) is 0 Å². The number of aryl methyl sites for hydroxylation is 2.